The number of thiophene rings is 1. The Morgan fingerprint density at radius 1 is 1.33 bits per heavy atom. The van der Waals surface area contributed by atoms with Crippen LogP contribution in [0.25, 0.3) is 0 Å². The Bertz CT molecular complexity index is 650. The molecular weight excluding hydrogens is 282 g/mol. The summed E-state index contributed by atoms with van der Waals surface area (Å²) in [7, 11) is 0. The second-order valence-corrected chi connectivity index (χ2v) is 7.33. The van der Waals surface area contributed by atoms with Gasteiger partial charge < -0.3 is 15.6 Å². The molecule has 3 rings (SSSR count). The van der Waals surface area contributed by atoms with Crippen LogP contribution in [-0.2, 0) is 12.0 Å². The van der Waals surface area contributed by atoms with Crippen LogP contribution in [0.5, 0.6) is 5.75 Å². The predicted molar refractivity (Wildman–Crippen MR) is 85.8 cm³/mol. The Morgan fingerprint density at radius 3 is 2.76 bits per heavy atom. The maximum absolute atomic E-state index is 11.3. The summed E-state index contributed by atoms with van der Waals surface area (Å²) in [6, 6.07) is 12.0. The predicted octanol–water partition coefficient (Wildman–Crippen LogP) is 2.84. The normalized spacial score (nSPS) is 24.0. The molecule has 0 saturated heterocycles. The van der Waals surface area contributed by atoms with Gasteiger partial charge in [0.15, 0.2) is 0 Å². The Morgan fingerprint density at radius 2 is 2.10 bits per heavy atom. The number of aliphatic hydroxyl groups is 1. The molecule has 0 spiro atoms. The van der Waals surface area contributed by atoms with E-state index in [0.29, 0.717) is 13.2 Å². The van der Waals surface area contributed by atoms with Gasteiger partial charge in [-0.2, -0.15) is 0 Å². The van der Waals surface area contributed by atoms with Crippen molar-refractivity contribution in [1.82, 2.24) is 0 Å². The summed E-state index contributed by atoms with van der Waals surface area (Å²) in [6.45, 7) is 4.73. The maximum atomic E-state index is 11.3. The first kappa shape index (κ1) is 14.6. The van der Waals surface area contributed by atoms with Gasteiger partial charge in [-0.3, -0.25) is 0 Å². The SMILES string of the molecule is Cc1ccc(C(C)(O)C2(CN)COc3ccccc3C2)s1. The highest BCUT2D eigenvalue weighted by Crippen LogP contribution is 2.47. The van der Waals surface area contributed by atoms with Crippen molar-refractivity contribution < 1.29 is 9.84 Å². The summed E-state index contributed by atoms with van der Waals surface area (Å²) in [5.41, 5.74) is 5.70. The van der Waals surface area contributed by atoms with E-state index in [2.05, 4.69) is 6.07 Å². The van der Waals surface area contributed by atoms with Gasteiger partial charge in [0.25, 0.3) is 0 Å². The van der Waals surface area contributed by atoms with Gasteiger partial charge in [0.1, 0.15) is 11.4 Å². The monoisotopic (exact) mass is 303 g/mol. The van der Waals surface area contributed by atoms with E-state index in [-0.39, 0.29) is 0 Å². The average molecular weight is 303 g/mol. The summed E-state index contributed by atoms with van der Waals surface area (Å²) in [6.07, 6.45) is 0.726. The lowest BCUT2D eigenvalue weighted by molar-refractivity contribution is -0.0975. The molecule has 21 heavy (non-hydrogen) atoms. The highest BCUT2D eigenvalue weighted by atomic mass is 32.1. The molecule has 2 unspecified atom stereocenters. The number of hydrogen-bond acceptors (Lipinski definition) is 4. The van der Waals surface area contributed by atoms with Crippen LogP contribution in [0.2, 0.25) is 0 Å². The van der Waals surface area contributed by atoms with E-state index in [1.165, 1.54) is 4.88 Å². The van der Waals surface area contributed by atoms with Crippen LogP contribution in [0.4, 0.5) is 0 Å². The smallest absolute Gasteiger partial charge is 0.122 e. The second kappa shape index (κ2) is 5.13. The fourth-order valence-electron chi connectivity index (χ4n) is 3.02. The zero-order valence-electron chi connectivity index (χ0n) is 12.4. The van der Waals surface area contributed by atoms with E-state index in [0.717, 1.165) is 22.6 Å². The highest BCUT2D eigenvalue weighted by molar-refractivity contribution is 7.12. The first-order valence-electron chi connectivity index (χ1n) is 7.19. The van der Waals surface area contributed by atoms with Gasteiger partial charge in [0, 0.05) is 16.3 Å². The van der Waals surface area contributed by atoms with Crippen LogP contribution < -0.4 is 10.5 Å². The van der Waals surface area contributed by atoms with Gasteiger partial charge in [-0.1, -0.05) is 18.2 Å². The maximum Gasteiger partial charge on any atom is 0.122 e. The zero-order valence-corrected chi connectivity index (χ0v) is 13.2. The molecule has 4 heteroatoms. The van der Waals surface area contributed by atoms with Crippen LogP contribution in [0, 0.1) is 12.3 Å². The standard InChI is InChI=1S/C17H21NO2S/c1-12-7-8-15(21-12)16(2,19)17(10-18)9-13-5-3-4-6-14(13)20-11-17/h3-8,19H,9-11,18H2,1-2H3. The molecule has 1 aliphatic rings. The molecule has 3 nitrogen and oxygen atoms in total. The van der Waals surface area contributed by atoms with Crippen LogP contribution in [0.15, 0.2) is 36.4 Å². The summed E-state index contributed by atoms with van der Waals surface area (Å²) >= 11 is 1.62. The van der Waals surface area contributed by atoms with Crippen molar-refractivity contribution in [3.05, 3.63) is 51.7 Å². The summed E-state index contributed by atoms with van der Waals surface area (Å²) in [5.74, 6) is 0.903. The van der Waals surface area contributed by atoms with Crippen molar-refractivity contribution in [3.63, 3.8) is 0 Å². The third-order valence-electron chi connectivity index (χ3n) is 4.65. The molecule has 0 saturated carbocycles. The first-order valence-corrected chi connectivity index (χ1v) is 8.00. The molecular formula is C17H21NO2S. The molecule has 2 atom stereocenters. The zero-order chi connectivity index (χ0) is 15.1. The minimum atomic E-state index is -1.01. The Kier molecular flexibility index (Phi) is 3.56. The van der Waals surface area contributed by atoms with Crippen molar-refractivity contribution in [2.24, 2.45) is 11.1 Å². The van der Waals surface area contributed by atoms with Crippen LogP contribution >= 0.6 is 11.3 Å². The molecule has 2 heterocycles. The Balaban J connectivity index is 2.02. The van der Waals surface area contributed by atoms with Gasteiger partial charge in [-0.05, 0) is 44.0 Å². The number of ether oxygens (including phenoxy) is 1. The minimum Gasteiger partial charge on any atom is -0.493 e. The van der Waals surface area contributed by atoms with Crippen molar-refractivity contribution in [2.45, 2.75) is 25.9 Å². The molecule has 3 N–H and O–H groups in total. The van der Waals surface area contributed by atoms with Crippen molar-refractivity contribution >= 4 is 11.3 Å². The van der Waals surface area contributed by atoms with E-state index >= 15 is 0 Å². The van der Waals surface area contributed by atoms with Gasteiger partial charge in [-0.15, -0.1) is 11.3 Å². The number of hydrogen-bond donors (Lipinski definition) is 2. The van der Waals surface area contributed by atoms with Crippen LogP contribution in [0.3, 0.4) is 0 Å². The largest absolute Gasteiger partial charge is 0.493 e. The van der Waals surface area contributed by atoms with Crippen molar-refractivity contribution in [1.29, 1.82) is 0 Å². The summed E-state index contributed by atoms with van der Waals surface area (Å²) in [4.78, 5) is 2.14. The number of aryl methyl sites for hydroxylation is 1. The Labute approximate surface area is 129 Å². The molecule has 1 aromatic carbocycles. The Hall–Kier alpha value is -1.36. The topological polar surface area (TPSA) is 55.5 Å². The lowest BCUT2D eigenvalue weighted by Crippen LogP contribution is -2.55. The molecule has 0 amide bonds. The van der Waals surface area contributed by atoms with E-state index in [9.17, 15) is 5.11 Å². The number of benzene rings is 1. The fraction of sp³-hybridized carbons (Fsp3) is 0.412. The van der Waals surface area contributed by atoms with Gasteiger partial charge in [0.05, 0.1) is 12.0 Å². The quantitative estimate of drug-likeness (QED) is 0.917. The highest BCUT2D eigenvalue weighted by Gasteiger charge is 2.50. The molecule has 0 fully saturated rings. The first-order chi connectivity index (χ1) is 9.98. The molecule has 0 radical (unpaired) electrons. The fourth-order valence-corrected chi connectivity index (χ4v) is 4.06. The van der Waals surface area contributed by atoms with Gasteiger partial charge >= 0.3 is 0 Å². The average Bonchev–Trinajstić information content (AvgIpc) is 2.93. The molecule has 1 aliphatic heterocycles. The third-order valence-corrected chi connectivity index (χ3v) is 5.86. The minimum absolute atomic E-state index is 0.380. The molecule has 0 aliphatic carbocycles. The molecule has 0 bridgehead atoms. The second-order valence-electron chi connectivity index (χ2n) is 6.04. The molecule has 112 valence electrons. The van der Waals surface area contributed by atoms with E-state index in [1.807, 2.05) is 44.2 Å². The molecule has 2 aromatic rings. The summed E-state index contributed by atoms with van der Waals surface area (Å²) in [5, 5.41) is 11.3. The van der Waals surface area contributed by atoms with Gasteiger partial charge in [0.2, 0.25) is 0 Å². The van der Waals surface area contributed by atoms with Crippen molar-refractivity contribution in [3.8, 4) is 5.75 Å². The third kappa shape index (κ3) is 2.27. The van der Waals surface area contributed by atoms with Crippen LogP contribution in [-0.4, -0.2) is 18.3 Å². The lowest BCUT2D eigenvalue weighted by atomic mass is 9.67. The molecule has 1 aromatic heterocycles. The lowest BCUT2D eigenvalue weighted by Gasteiger charge is -2.46. The summed E-state index contributed by atoms with van der Waals surface area (Å²) < 4.78 is 5.91. The van der Waals surface area contributed by atoms with E-state index < -0.39 is 11.0 Å². The van der Waals surface area contributed by atoms with Crippen molar-refractivity contribution in [2.75, 3.05) is 13.2 Å². The van der Waals surface area contributed by atoms with Crippen LogP contribution in [0.1, 0.15) is 22.2 Å². The van der Waals surface area contributed by atoms with E-state index in [1.54, 1.807) is 11.3 Å². The van der Waals surface area contributed by atoms with E-state index in [4.69, 9.17) is 10.5 Å². The number of fused-ring (bicyclic) bond motifs is 1. The van der Waals surface area contributed by atoms with Gasteiger partial charge in [-0.25, -0.2) is 0 Å². The number of rotatable bonds is 3. The number of para-hydroxylation sites is 1. The number of nitrogens with two attached hydrogens (primary N) is 1.